The van der Waals surface area contributed by atoms with Gasteiger partial charge in [-0.05, 0) is 19.8 Å². The van der Waals surface area contributed by atoms with Gasteiger partial charge in [-0.1, -0.05) is 26.2 Å². The van der Waals surface area contributed by atoms with Crippen LogP contribution in [0.5, 0.6) is 0 Å². The van der Waals surface area contributed by atoms with Gasteiger partial charge in [0, 0.05) is 11.8 Å². The van der Waals surface area contributed by atoms with Crippen LogP contribution in [0.1, 0.15) is 44.1 Å². The molecule has 14 heavy (non-hydrogen) atoms. The Balaban J connectivity index is 2.46. The van der Waals surface area contributed by atoms with E-state index in [1.165, 1.54) is 19.3 Å². The predicted molar refractivity (Wildman–Crippen MR) is 57.4 cm³/mol. The van der Waals surface area contributed by atoms with Gasteiger partial charge in [-0.3, -0.25) is 4.79 Å². The summed E-state index contributed by atoms with van der Waals surface area (Å²) >= 11 is 0. The predicted octanol–water partition coefficient (Wildman–Crippen LogP) is 2.20. The second-order valence-electron chi connectivity index (χ2n) is 3.63. The third kappa shape index (κ3) is 3.73. The van der Waals surface area contributed by atoms with Crippen molar-refractivity contribution in [3.63, 3.8) is 0 Å². The average molecular weight is 194 g/mol. The Morgan fingerprint density at radius 1 is 1.36 bits per heavy atom. The smallest absolute Gasteiger partial charge is 0.251 e. The van der Waals surface area contributed by atoms with E-state index in [2.05, 4.69) is 16.9 Å². The Morgan fingerprint density at radius 2 is 2.14 bits per heavy atom. The number of nitrogens with zero attached hydrogens (tertiary/aromatic N) is 1. The van der Waals surface area contributed by atoms with Crippen LogP contribution in [0.4, 0.5) is 0 Å². The van der Waals surface area contributed by atoms with E-state index >= 15 is 0 Å². The highest BCUT2D eigenvalue weighted by atomic mass is 16.1. The first kappa shape index (κ1) is 11.0. The number of aromatic amines is 1. The lowest BCUT2D eigenvalue weighted by atomic mass is 10.1. The van der Waals surface area contributed by atoms with Gasteiger partial charge in [-0.2, -0.15) is 0 Å². The number of aromatic nitrogens is 2. The largest absolute Gasteiger partial charge is 0.311 e. The molecule has 78 valence electrons. The molecule has 0 saturated carbocycles. The molecule has 3 heteroatoms. The van der Waals surface area contributed by atoms with Gasteiger partial charge >= 0.3 is 0 Å². The molecule has 1 heterocycles. The van der Waals surface area contributed by atoms with Gasteiger partial charge in [0.25, 0.3) is 5.56 Å². The van der Waals surface area contributed by atoms with Crippen LogP contribution in [0, 0.1) is 6.92 Å². The van der Waals surface area contributed by atoms with Crippen molar-refractivity contribution in [2.24, 2.45) is 0 Å². The Kier molecular flexibility index (Phi) is 4.36. The summed E-state index contributed by atoms with van der Waals surface area (Å²) in [5.41, 5.74) is 0.880. The quantitative estimate of drug-likeness (QED) is 0.730. The summed E-state index contributed by atoms with van der Waals surface area (Å²) in [5.74, 6) is 0.711. The summed E-state index contributed by atoms with van der Waals surface area (Å²) in [7, 11) is 0. The number of aryl methyl sites for hydroxylation is 2. The van der Waals surface area contributed by atoms with Crippen molar-refractivity contribution in [2.45, 2.75) is 46.0 Å². The molecule has 0 aliphatic carbocycles. The van der Waals surface area contributed by atoms with Crippen molar-refractivity contribution in [3.05, 3.63) is 27.9 Å². The monoisotopic (exact) mass is 194 g/mol. The molecule has 0 saturated heterocycles. The number of hydrogen-bond acceptors (Lipinski definition) is 2. The van der Waals surface area contributed by atoms with Crippen molar-refractivity contribution >= 4 is 0 Å². The Morgan fingerprint density at radius 3 is 2.79 bits per heavy atom. The molecule has 0 aromatic carbocycles. The molecule has 0 aliphatic rings. The van der Waals surface area contributed by atoms with E-state index in [0.717, 1.165) is 18.5 Å². The van der Waals surface area contributed by atoms with E-state index in [1.807, 2.05) is 6.92 Å². The minimum atomic E-state index is -0.0389. The zero-order valence-electron chi connectivity index (χ0n) is 8.97. The minimum Gasteiger partial charge on any atom is -0.311 e. The van der Waals surface area contributed by atoms with Crippen molar-refractivity contribution in [2.75, 3.05) is 0 Å². The van der Waals surface area contributed by atoms with Gasteiger partial charge in [-0.15, -0.1) is 0 Å². The van der Waals surface area contributed by atoms with E-state index in [9.17, 15) is 4.79 Å². The summed E-state index contributed by atoms with van der Waals surface area (Å²) in [6.07, 6.45) is 5.78. The third-order valence-corrected chi connectivity index (χ3v) is 2.20. The fourth-order valence-electron chi connectivity index (χ4n) is 1.50. The normalized spacial score (nSPS) is 10.4. The van der Waals surface area contributed by atoms with Gasteiger partial charge in [0.2, 0.25) is 0 Å². The number of nitrogens with one attached hydrogen (secondary N) is 1. The average Bonchev–Trinajstić information content (AvgIpc) is 2.11. The molecule has 1 rings (SSSR count). The molecule has 0 unspecified atom stereocenters. The number of unbranched alkanes of at least 4 members (excludes halogenated alkanes) is 3. The summed E-state index contributed by atoms with van der Waals surface area (Å²) in [5, 5.41) is 0. The summed E-state index contributed by atoms with van der Waals surface area (Å²) in [6.45, 7) is 4.01. The van der Waals surface area contributed by atoms with Crippen LogP contribution in [0.25, 0.3) is 0 Å². The van der Waals surface area contributed by atoms with Gasteiger partial charge in [0.1, 0.15) is 5.82 Å². The maximum Gasteiger partial charge on any atom is 0.251 e. The van der Waals surface area contributed by atoms with Crippen LogP contribution >= 0.6 is 0 Å². The topological polar surface area (TPSA) is 45.8 Å². The third-order valence-electron chi connectivity index (χ3n) is 2.20. The van der Waals surface area contributed by atoms with Crippen molar-refractivity contribution in [1.29, 1.82) is 0 Å². The van der Waals surface area contributed by atoms with Crippen molar-refractivity contribution in [1.82, 2.24) is 9.97 Å². The lowest BCUT2D eigenvalue weighted by Gasteiger charge is -2.00. The first-order valence-corrected chi connectivity index (χ1v) is 5.29. The molecule has 0 atom stereocenters. The SMILES string of the molecule is CCCCCCc1cc(=O)[nH]c(C)n1. The van der Waals surface area contributed by atoms with E-state index in [1.54, 1.807) is 6.07 Å². The fourth-order valence-corrected chi connectivity index (χ4v) is 1.50. The molecular weight excluding hydrogens is 176 g/mol. The van der Waals surface area contributed by atoms with Gasteiger partial charge < -0.3 is 4.98 Å². The van der Waals surface area contributed by atoms with Crippen LogP contribution < -0.4 is 5.56 Å². The summed E-state index contributed by atoms with van der Waals surface area (Å²) in [6, 6.07) is 1.60. The maximum absolute atomic E-state index is 11.1. The van der Waals surface area contributed by atoms with Crippen molar-refractivity contribution < 1.29 is 0 Å². The van der Waals surface area contributed by atoms with Gasteiger partial charge in [-0.25, -0.2) is 4.98 Å². The molecule has 0 fully saturated rings. The second-order valence-corrected chi connectivity index (χ2v) is 3.63. The van der Waals surface area contributed by atoms with Crippen molar-refractivity contribution in [3.8, 4) is 0 Å². The van der Waals surface area contributed by atoms with Crippen LogP contribution in [0.15, 0.2) is 10.9 Å². The fraction of sp³-hybridized carbons (Fsp3) is 0.636. The molecule has 0 radical (unpaired) electrons. The molecule has 0 bridgehead atoms. The molecule has 1 aromatic rings. The Labute approximate surface area is 84.6 Å². The zero-order chi connectivity index (χ0) is 10.4. The molecule has 0 spiro atoms. The van der Waals surface area contributed by atoms with Crippen LogP contribution in [0.3, 0.4) is 0 Å². The Bertz CT molecular complexity index is 330. The lowest BCUT2D eigenvalue weighted by Crippen LogP contribution is -2.10. The van der Waals surface area contributed by atoms with Crippen LogP contribution in [0.2, 0.25) is 0 Å². The zero-order valence-corrected chi connectivity index (χ0v) is 8.97. The van der Waals surface area contributed by atoms with Gasteiger partial charge in [0.15, 0.2) is 0 Å². The number of H-pyrrole nitrogens is 1. The first-order valence-electron chi connectivity index (χ1n) is 5.29. The summed E-state index contributed by atoms with van der Waals surface area (Å²) in [4.78, 5) is 18.0. The van der Waals surface area contributed by atoms with E-state index < -0.39 is 0 Å². The first-order chi connectivity index (χ1) is 6.72. The molecule has 1 N–H and O–H groups in total. The van der Waals surface area contributed by atoms with Gasteiger partial charge in [0.05, 0.1) is 0 Å². The summed E-state index contributed by atoms with van der Waals surface area (Å²) < 4.78 is 0. The van der Waals surface area contributed by atoms with Crippen LogP contribution in [-0.2, 0) is 6.42 Å². The van der Waals surface area contributed by atoms with E-state index in [0.29, 0.717) is 5.82 Å². The number of hydrogen-bond donors (Lipinski definition) is 1. The highest BCUT2D eigenvalue weighted by molar-refractivity contribution is 5.01. The standard InChI is InChI=1S/C11H18N2O/c1-3-4-5-6-7-10-8-11(14)13-9(2)12-10/h8H,3-7H2,1-2H3,(H,12,13,14). The molecule has 0 amide bonds. The van der Waals surface area contributed by atoms with E-state index in [4.69, 9.17) is 0 Å². The molecule has 1 aromatic heterocycles. The second kappa shape index (κ2) is 5.58. The minimum absolute atomic E-state index is 0.0389. The highest BCUT2D eigenvalue weighted by Crippen LogP contribution is 2.04. The lowest BCUT2D eigenvalue weighted by molar-refractivity contribution is 0.658. The van der Waals surface area contributed by atoms with Crippen LogP contribution in [-0.4, -0.2) is 9.97 Å². The highest BCUT2D eigenvalue weighted by Gasteiger charge is 1.97. The molecule has 0 aliphatic heterocycles. The molecule has 3 nitrogen and oxygen atoms in total. The van der Waals surface area contributed by atoms with E-state index in [-0.39, 0.29) is 5.56 Å². The molecular formula is C11H18N2O. The Hall–Kier alpha value is -1.12. The maximum atomic E-state index is 11.1. The number of rotatable bonds is 5.